The van der Waals surface area contributed by atoms with Crippen molar-refractivity contribution >= 4 is 28.4 Å². The molecule has 0 atom stereocenters. The molecular formula is C17H16N6O2S. The van der Waals surface area contributed by atoms with Crippen molar-refractivity contribution in [3.05, 3.63) is 59.1 Å². The van der Waals surface area contributed by atoms with E-state index in [1.807, 2.05) is 29.5 Å². The van der Waals surface area contributed by atoms with Crippen molar-refractivity contribution in [2.45, 2.75) is 30.8 Å². The van der Waals surface area contributed by atoms with E-state index in [0.717, 1.165) is 5.52 Å². The van der Waals surface area contributed by atoms with Crippen LogP contribution in [0.4, 0.5) is 0 Å². The fourth-order valence-corrected chi connectivity index (χ4v) is 3.51. The lowest BCUT2D eigenvalue weighted by Gasteiger charge is -2.09. The minimum Gasteiger partial charge on any atom is -0.424 e. The first kappa shape index (κ1) is 16.5. The molecule has 0 spiro atoms. The zero-order chi connectivity index (χ0) is 18.1. The van der Waals surface area contributed by atoms with Gasteiger partial charge in [0.1, 0.15) is 0 Å². The molecule has 0 aliphatic rings. The van der Waals surface area contributed by atoms with Crippen molar-refractivity contribution in [2.24, 2.45) is 0 Å². The van der Waals surface area contributed by atoms with Crippen LogP contribution in [0.5, 0.6) is 0 Å². The Bertz CT molecular complexity index is 1160. The lowest BCUT2D eigenvalue weighted by molar-refractivity contribution is 0.470. The van der Waals surface area contributed by atoms with Gasteiger partial charge in [0.25, 0.3) is 5.56 Å². The fraction of sp³-hybridized carbons (Fsp3) is 0.235. The quantitative estimate of drug-likeness (QED) is 0.381. The minimum atomic E-state index is -0.110. The average Bonchev–Trinajstić information content (AvgIpc) is 3.30. The van der Waals surface area contributed by atoms with Gasteiger partial charge in [0.15, 0.2) is 5.16 Å². The van der Waals surface area contributed by atoms with Crippen molar-refractivity contribution in [3.63, 3.8) is 0 Å². The number of aromatic nitrogens is 6. The number of benzene rings is 1. The summed E-state index contributed by atoms with van der Waals surface area (Å²) in [6, 6.07) is 7.42. The van der Waals surface area contributed by atoms with Gasteiger partial charge < -0.3 is 4.42 Å². The van der Waals surface area contributed by atoms with Gasteiger partial charge in [-0.25, -0.2) is 0 Å². The lowest BCUT2D eigenvalue weighted by Crippen LogP contribution is -2.22. The predicted octanol–water partition coefficient (Wildman–Crippen LogP) is 2.47. The molecule has 1 aromatic carbocycles. The van der Waals surface area contributed by atoms with E-state index >= 15 is 0 Å². The summed E-state index contributed by atoms with van der Waals surface area (Å²) in [7, 11) is 0. The van der Waals surface area contributed by atoms with Gasteiger partial charge in [0.05, 0.1) is 16.7 Å². The third-order valence-electron chi connectivity index (χ3n) is 3.93. The molecule has 0 bridgehead atoms. The average molecular weight is 368 g/mol. The van der Waals surface area contributed by atoms with Crippen LogP contribution < -0.4 is 5.56 Å². The van der Waals surface area contributed by atoms with Crippen LogP contribution in [0.1, 0.15) is 18.7 Å². The highest BCUT2D eigenvalue weighted by atomic mass is 32.2. The van der Waals surface area contributed by atoms with Gasteiger partial charge in [0, 0.05) is 13.0 Å². The third-order valence-corrected chi connectivity index (χ3v) is 4.84. The second-order valence-electron chi connectivity index (χ2n) is 5.57. The molecule has 0 unspecified atom stereocenters. The number of allylic oxidation sites excluding steroid dienone is 1. The summed E-state index contributed by atoms with van der Waals surface area (Å²) in [5.74, 6) is 2.10. The van der Waals surface area contributed by atoms with Gasteiger partial charge in [0.2, 0.25) is 17.6 Å². The van der Waals surface area contributed by atoms with E-state index < -0.39 is 0 Å². The molecule has 0 radical (unpaired) electrons. The van der Waals surface area contributed by atoms with E-state index in [2.05, 4.69) is 27.0 Å². The monoisotopic (exact) mass is 368 g/mol. The molecule has 4 aromatic rings. The normalized spacial score (nSPS) is 11.4. The number of para-hydroxylation sites is 1. The third kappa shape index (κ3) is 2.70. The molecule has 8 nitrogen and oxygen atoms in total. The van der Waals surface area contributed by atoms with E-state index in [-0.39, 0.29) is 5.56 Å². The molecular weight excluding hydrogens is 352 g/mol. The minimum absolute atomic E-state index is 0.110. The molecule has 0 saturated heterocycles. The summed E-state index contributed by atoms with van der Waals surface area (Å²) in [5, 5.41) is 17.7. The van der Waals surface area contributed by atoms with Gasteiger partial charge in [-0.05, 0) is 12.1 Å². The van der Waals surface area contributed by atoms with Gasteiger partial charge >= 0.3 is 0 Å². The summed E-state index contributed by atoms with van der Waals surface area (Å²) in [6.45, 7) is 6.05. The Balaban J connectivity index is 1.83. The summed E-state index contributed by atoms with van der Waals surface area (Å²) in [5.41, 5.74) is 0.654. The molecule has 0 aliphatic heterocycles. The maximum Gasteiger partial charge on any atom is 0.263 e. The van der Waals surface area contributed by atoms with Crippen molar-refractivity contribution < 1.29 is 4.42 Å². The second kappa shape index (κ2) is 6.75. The van der Waals surface area contributed by atoms with E-state index in [4.69, 9.17) is 4.42 Å². The van der Waals surface area contributed by atoms with Crippen LogP contribution in [0.25, 0.3) is 16.7 Å². The highest BCUT2D eigenvalue weighted by Gasteiger charge is 2.17. The fourth-order valence-electron chi connectivity index (χ4n) is 2.74. The highest BCUT2D eigenvalue weighted by Crippen LogP contribution is 2.24. The van der Waals surface area contributed by atoms with Crippen LogP contribution in [0, 0.1) is 0 Å². The number of hydrogen-bond acceptors (Lipinski definition) is 7. The molecule has 0 saturated carbocycles. The van der Waals surface area contributed by atoms with E-state index in [1.165, 1.54) is 11.8 Å². The molecule has 3 aromatic heterocycles. The van der Waals surface area contributed by atoms with Gasteiger partial charge in [-0.3, -0.25) is 13.8 Å². The number of fused-ring (bicyclic) bond motifs is 3. The smallest absolute Gasteiger partial charge is 0.263 e. The molecule has 0 amide bonds. The summed E-state index contributed by atoms with van der Waals surface area (Å²) in [4.78, 5) is 12.8. The SMILES string of the molecule is C=CCn1c(=O)c2ccccc2n2c(SCc3nnc(CC)o3)nnc12. The Morgan fingerprint density at radius 2 is 2.00 bits per heavy atom. The predicted molar refractivity (Wildman–Crippen MR) is 98.2 cm³/mol. The Hall–Kier alpha value is -2.94. The Morgan fingerprint density at radius 1 is 1.19 bits per heavy atom. The molecule has 3 heterocycles. The zero-order valence-electron chi connectivity index (χ0n) is 14.1. The van der Waals surface area contributed by atoms with Gasteiger partial charge in [-0.1, -0.05) is 36.9 Å². The largest absolute Gasteiger partial charge is 0.424 e. The van der Waals surface area contributed by atoms with Crippen molar-refractivity contribution in [1.82, 2.24) is 29.4 Å². The van der Waals surface area contributed by atoms with Crippen molar-refractivity contribution in [2.75, 3.05) is 0 Å². The lowest BCUT2D eigenvalue weighted by atomic mass is 10.2. The number of nitrogens with zero attached hydrogens (tertiary/aromatic N) is 6. The van der Waals surface area contributed by atoms with Gasteiger partial charge in [-0.2, -0.15) is 0 Å². The van der Waals surface area contributed by atoms with Crippen LogP contribution in [-0.2, 0) is 18.7 Å². The molecule has 9 heteroatoms. The van der Waals surface area contributed by atoms with Crippen LogP contribution in [0.3, 0.4) is 0 Å². The maximum atomic E-state index is 12.8. The zero-order valence-corrected chi connectivity index (χ0v) is 14.9. The number of hydrogen-bond donors (Lipinski definition) is 0. The molecule has 132 valence electrons. The van der Waals surface area contributed by atoms with Crippen LogP contribution in [-0.4, -0.2) is 29.4 Å². The molecule has 0 fully saturated rings. The Labute approximate surface area is 152 Å². The first-order chi connectivity index (χ1) is 12.7. The first-order valence-corrected chi connectivity index (χ1v) is 9.13. The second-order valence-corrected chi connectivity index (χ2v) is 6.51. The van der Waals surface area contributed by atoms with E-state index in [9.17, 15) is 4.79 Å². The summed E-state index contributed by atoms with van der Waals surface area (Å²) in [6.07, 6.45) is 2.37. The highest BCUT2D eigenvalue weighted by molar-refractivity contribution is 7.98. The molecule has 4 rings (SSSR count). The van der Waals surface area contributed by atoms with E-state index in [1.54, 1.807) is 16.7 Å². The van der Waals surface area contributed by atoms with Crippen LogP contribution in [0.2, 0.25) is 0 Å². The Kier molecular flexibility index (Phi) is 4.29. The standard InChI is InChI=1S/C17H16N6O2S/c1-3-9-22-15(24)11-7-5-6-8-12(11)23-16(22)20-21-17(23)26-10-14-19-18-13(4-2)25-14/h3,5-8H,1,4,9-10H2,2H3. The molecule has 26 heavy (non-hydrogen) atoms. The Morgan fingerprint density at radius 3 is 2.77 bits per heavy atom. The van der Waals surface area contributed by atoms with Crippen molar-refractivity contribution in [3.8, 4) is 0 Å². The molecule has 0 N–H and O–H groups in total. The summed E-state index contributed by atoms with van der Waals surface area (Å²) < 4.78 is 8.98. The maximum absolute atomic E-state index is 12.8. The first-order valence-electron chi connectivity index (χ1n) is 8.14. The van der Waals surface area contributed by atoms with Gasteiger partial charge in [-0.15, -0.1) is 27.0 Å². The van der Waals surface area contributed by atoms with Crippen LogP contribution in [0.15, 0.2) is 51.3 Å². The number of rotatable bonds is 6. The van der Waals surface area contributed by atoms with E-state index in [0.29, 0.717) is 46.8 Å². The topological polar surface area (TPSA) is 91.1 Å². The summed E-state index contributed by atoms with van der Waals surface area (Å²) >= 11 is 1.43. The van der Waals surface area contributed by atoms with Crippen LogP contribution >= 0.6 is 11.8 Å². The van der Waals surface area contributed by atoms with Crippen molar-refractivity contribution in [1.29, 1.82) is 0 Å². The molecule has 0 aliphatic carbocycles. The number of thioether (sulfide) groups is 1. The number of aryl methyl sites for hydroxylation is 1.